The van der Waals surface area contributed by atoms with Crippen molar-refractivity contribution in [2.45, 2.75) is 31.2 Å². The molecule has 2 heterocycles. The van der Waals surface area contributed by atoms with Gasteiger partial charge in [0.05, 0.1) is 12.2 Å². The highest BCUT2D eigenvalue weighted by atomic mass is 32.2. The van der Waals surface area contributed by atoms with Crippen molar-refractivity contribution in [1.82, 2.24) is 25.0 Å². The Bertz CT molecular complexity index is 1200. The average molecular weight is 435 g/mol. The van der Waals surface area contributed by atoms with Crippen molar-refractivity contribution < 1.29 is 9.21 Å². The van der Waals surface area contributed by atoms with Crippen LogP contribution < -0.4 is 5.32 Å². The zero-order valence-electron chi connectivity index (χ0n) is 17.5. The van der Waals surface area contributed by atoms with Crippen LogP contribution in [0.2, 0.25) is 0 Å². The third-order valence-corrected chi connectivity index (χ3v) is 5.85. The zero-order valence-corrected chi connectivity index (χ0v) is 18.3. The first kappa shape index (κ1) is 20.8. The van der Waals surface area contributed by atoms with Crippen LogP contribution in [0, 0.1) is 13.8 Å². The quantitative estimate of drug-likeness (QED) is 0.440. The van der Waals surface area contributed by atoms with Gasteiger partial charge in [0.15, 0.2) is 5.16 Å². The van der Waals surface area contributed by atoms with E-state index in [1.165, 1.54) is 17.3 Å². The minimum atomic E-state index is -0.139. The van der Waals surface area contributed by atoms with Gasteiger partial charge in [-0.15, -0.1) is 20.4 Å². The molecule has 0 atom stereocenters. The lowest BCUT2D eigenvalue weighted by atomic mass is 10.1. The van der Waals surface area contributed by atoms with Crippen LogP contribution >= 0.6 is 11.8 Å². The first-order valence-electron chi connectivity index (χ1n) is 9.75. The summed E-state index contributed by atoms with van der Waals surface area (Å²) in [6.45, 7) is 4.06. The van der Waals surface area contributed by atoms with Crippen molar-refractivity contribution in [3.05, 3.63) is 71.4 Å². The number of benzene rings is 2. The molecule has 0 saturated heterocycles. The van der Waals surface area contributed by atoms with Crippen LogP contribution in [0.3, 0.4) is 0 Å². The molecule has 0 aliphatic carbocycles. The van der Waals surface area contributed by atoms with Crippen LogP contribution in [-0.4, -0.2) is 30.9 Å². The molecule has 0 bridgehead atoms. The van der Waals surface area contributed by atoms with Gasteiger partial charge < -0.3 is 14.3 Å². The second-order valence-electron chi connectivity index (χ2n) is 7.14. The standard InChI is InChI=1S/C22H22N6O2S/c1-14-9-10-17(11-15(14)2)23-19(29)12-18-24-27-22(28(18)3)31-13-20-25-26-21(30-20)16-7-5-4-6-8-16/h4-11H,12-13H2,1-3H3,(H,23,29). The number of aromatic nitrogens is 5. The molecule has 0 aliphatic rings. The summed E-state index contributed by atoms with van der Waals surface area (Å²) in [5, 5.41) is 20.1. The molecule has 0 unspecified atom stereocenters. The summed E-state index contributed by atoms with van der Waals surface area (Å²) in [4.78, 5) is 12.4. The van der Waals surface area contributed by atoms with Crippen molar-refractivity contribution in [2.75, 3.05) is 5.32 Å². The molecule has 0 fully saturated rings. The molecule has 0 aliphatic heterocycles. The number of carbonyl (C=O) groups is 1. The van der Waals surface area contributed by atoms with Gasteiger partial charge in [-0.05, 0) is 49.2 Å². The lowest BCUT2D eigenvalue weighted by Gasteiger charge is -2.08. The highest BCUT2D eigenvalue weighted by molar-refractivity contribution is 7.98. The number of carbonyl (C=O) groups excluding carboxylic acids is 1. The first-order valence-corrected chi connectivity index (χ1v) is 10.7. The summed E-state index contributed by atoms with van der Waals surface area (Å²) < 4.78 is 7.53. The van der Waals surface area contributed by atoms with Gasteiger partial charge in [-0.2, -0.15) is 0 Å². The van der Waals surface area contributed by atoms with Gasteiger partial charge in [0, 0.05) is 18.3 Å². The molecule has 4 rings (SSSR count). The number of hydrogen-bond acceptors (Lipinski definition) is 7. The Hall–Kier alpha value is -3.46. The largest absolute Gasteiger partial charge is 0.420 e. The van der Waals surface area contributed by atoms with E-state index in [0.29, 0.717) is 28.5 Å². The van der Waals surface area contributed by atoms with Crippen LogP contribution in [0.1, 0.15) is 22.8 Å². The predicted molar refractivity (Wildman–Crippen MR) is 119 cm³/mol. The summed E-state index contributed by atoms with van der Waals surface area (Å²) in [6.07, 6.45) is 0.135. The molecule has 4 aromatic rings. The lowest BCUT2D eigenvalue weighted by molar-refractivity contribution is -0.115. The Morgan fingerprint density at radius 3 is 2.61 bits per heavy atom. The number of hydrogen-bond donors (Lipinski definition) is 1. The molecule has 1 amide bonds. The Balaban J connectivity index is 1.35. The second kappa shape index (κ2) is 9.13. The smallest absolute Gasteiger partial charge is 0.247 e. The van der Waals surface area contributed by atoms with Crippen molar-refractivity contribution in [3.8, 4) is 11.5 Å². The maximum Gasteiger partial charge on any atom is 0.247 e. The summed E-state index contributed by atoms with van der Waals surface area (Å²) in [6, 6.07) is 15.5. The lowest BCUT2D eigenvalue weighted by Crippen LogP contribution is -2.17. The van der Waals surface area contributed by atoms with E-state index >= 15 is 0 Å². The van der Waals surface area contributed by atoms with Crippen molar-refractivity contribution in [1.29, 1.82) is 0 Å². The average Bonchev–Trinajstić information content (AvgIpc) is 3.37. The van der Waals surface area contributed by atoms with Crippen LogP contribution in [0.15, 0.2) is 58.1 Å². The van der Waals surface area contributed by atoms with E-state index in [0.717, 1.165) is 16.8 Å². The van der Waals surface area contributed by atoms with Gasteiger partial charge >= 0.3 is 0 Å². The number of nitrogens with one attached hydrogen (secondary N) is 1. The second-order valence-corrected chi connectivity index (χ2v) is 8.08. The molecule has 31 heavy (non-hydrogen) atoms. The molecular formula is C22H22N6O2S. The molecule has 158 valence electrons. The predicted octanol–water partition coefficient (Wildman–Crippen LogP) is 3.96. The van der Waals surface area contributed by atoms with E-state index in [2.05, 4.69) is 25.7 Å². The molecule has 0 spiro atoms. The highest BCUT2D eigenvalue weighted by Crippen LogP contribution is 2.23. The third kappa shape index (κ3) is 5.00. The Labute approximate surface area is 184 Å². The van der Waals surface area contributed by atoms with E-state index in [4.69, 9.17) is 4.42 Å². The Morgan fingerprint density at radius 1 is 1.03 bits per heavy atom. The molecule has 2 aromatic heterocycles. The zero-order chi connectivity index (χ0) is 21.8. The van der Waals surface area contributed by atoms with Crippen LogP contribution in [0.4, 0.5) is 5.69 Å². The fraction of sp³-hybridized carbons (Fsp3) is 0.227. The summed E-state index contributed by atoms with van der Waals surface area (Å²) in [5.41, 5.74) is 3.97. The number of aryl methyl sites for hydroxylation is 2. The van der Waals surface area contributed by atoms with Gasteiger partial charge in [-0.3, -0.25) is 4.79 Å². The maximum atomic E-state index is 12.4. The number of thioether (sulfide) groups is 1. The molecule has 0 saturated carbocycles. The fourth-order valence-corrected chi connectivity index (χ4v) is 3.70. The van der Waals surface area contributed by atoms with Gasteiger partial charge in [0.1, 0.15) is 5.82 Å². The minimum absolute atomic E-state index is 0.135. The summed E-state index contributed by atoms with van der Waals surface area (Å²) in [7, 11) is 1.84. The number of amides is 1. The third-order valence-electron chi connectivity index (χ3n) is 4.85. The summed E-state index contributed by atoms with van der Waals surface area (Å²) >= 11 is 1.43. The van der Waals surface area contributed by atoms with Crippen molar-refractivity contribution >= 4 is 23.4 Å². The molecule has 9 heteroatoms. The monoisotopic (exact) mass is 434 g/mol. The molecule has 1 N–H and O–H groups in total. The van der Waals surface area contributed by atoms with Gasteiger partial charge in [0.25, 0.3) is 0 Å². The maximum absolute atomic E-state index is 12.4. The topological polar surface area (TPSA) is 98.7 Å². The Morgan fingerprint density at radius 2 is 1.84 bits per heavy atom. The number of anilines is 1. The molecule has 0 radical (unpaired) electrons. The molecule has 2 aromatic carbocycles. The van der Waals surface area contributed by atoms with Crippen LogP contribution in [0.25, 0.3) is 11.5 Å². The minimum Gasteiger partial charge on any atom is -0.420 e. The summed E-state index contributed by atoms with van der Waals surface area (Å²) in [5.74, 6) is 1.89. The highest BCUT2D eigenvalue weighted by Gasteiger charge is 2.15. The van der Waals surface area contributed by atoms with Crippen molar-refractivity contribution in [3.63, 3.8) is 0 Å². The first-order chi connectivity index (χ1) is 15.0. The fourth-order valence-electron chi connectivity index (χ4n) is 2.93. The van der Waals surface area contributed by atoms with E-state index in [-0.39, 0.29) is 12.3 Å². The van der Waals surface area contributed by atoms with E-state index in [1.54, 1.807) is 4.57 Å². The van der Waals surface area contributed by atoms with E-state index in [1.807, 2.05) is 69.4 Å². The molecule has 8 nitrogen and oxygen atoms in total. The SMILES string of the molecule is Cc1ccc(NC(=O)Cc2nnc(SCc3nnc(-c4ccccc4)o3)n2C)cc1C. The number of nitrogens with zero attached hydrogens (tertiary/aromatic N) is 5. The van der Waals surface area contributed by atoms with E-state index in [9.17, 15) is 4.79 Å². The normalized spacial score (nSPS) is 10.9. The van der Waals surface area contributed by atoms with Crippen molar-refractivity contribution in [2.24, 2.45) is 7.05 Å². The van der Waals surface area contributed by atoms with Crippen LogP contribution in [0.5, 0.6) is 0 Å². The van der Waals surface area contributed by atoms with E-state index < -0.39 is 0 Å². The Kier molecular flexibility index (Phi) is 6.13. The van der Waals surface area contributed by atoms with Gasteiger partial charge in [-0.25, -0.2) is 0 Å². The van der Waals surface area contributed by atoms with Gasteiger partial charge in [0.2, 0.25) is 17.7 Å². The van der Waals surface area contributed by atoms with Crippen LogP contribution in [-0.2, 0) is 24.0 Å². The molecular weight excluding hydrogens is 412 g/mol. The van der Waals surface area contributed by atoms with Gasteiger partial charge in [-0.1, -0.05) is 36.0 Å². The number of rotatable bonds is 7.